The van der Waals surface area contributed by atoms with Crippen molar-refractivity contribution in [3.8, 4) is 0 Å². The lowest BCUT2D eigenvalue weighted by Crippen LogP contribution is -2.53. The molecule has 1 aliphatic rings. The van der Waals surface area contributed by atoms with Gasteiger partial charge in [0.05, 0.1) is 6.61 Å². The average molecular weight is 244 g/mol. The molecule has 1 aliphatic heterocycles. The first kappa shape index (κ1) is 13.8. The van der Waals surface area contributed by atoms with Crippen LogP contribution in [0.15, 0.2) is 0 Å². The number of hydrogen-bond donors (Lipinski definition) is 1. The molecule has 98 valence electrons. The fourth-order valence-electron chi connectivity index (χ4n) is 1.55. The minimum absolute atomic E-state index is 0.0227. The summed E-state index contributed by atoms with van der Waals surface area (Å²) in [5.41, 5.74) is -0.553. The molecule has 0 atom stereocenters. The topological polar surface area (TPSA) is 70.1 Å². The zero-order valence-corrected chi connectivity index (χ0v) is 10.6. The maximum Gasteiger partial charge on any atom is 0.410 e. The summed E-state index contributed by atoms with van der Waals surface area (Å²) >= 11 is 0. The molecule has 6 heteroatoms. The Morgan fingerprint density at radius 3 is 2.53 bits per heavy atom. The second-order valence-electron chi connectivity index (χ2n) is 5.01. The largest absolute Gasteiger partial charge is 0.444 e. The SMILES string of the molecule is CC(C)(C)OC(=O)N1CCN(CCO)C(=O)C1. The molecule has 0 unspecified atom stereocenters. The summed E-state index contributed by atoms with van der Waals surface area (Å²) in [6.07, 6.45) is -0.463. The summed E-state index contributed by atoms with van der Waals surface area (Å²) in [7, 11) is 0. The summed E-state index contributed by atoms with van der Waals surface area (Å²) < 4.78 is 5.19. The van der Waals surface area contributed by atoms with E-state index < -0.39 is 11.7 Å². The van der Waals surface area contributed by atoms with E-state index in [0.29, 0.717) is 19.6 Å². The number of amides is 2. The maximum atomic E-state index is 11.7. The Kier molecular flexibility index (Phi) is 4.34. The molecular weight excluding hydrogens is 224 g/mol. The number of carbonyl (C=O) groups excluding carboxylic acids is 2. The molecule has 0 bridgehead atoms. The van der Waals surface area contributed by atoms with Gasteiger partial charge in [0.25, 0.3) is 0 Å². The first-order chi connectivity index (χ1) is 7.83. The molecule has 0 aromatic carbocycles. The van der Waals surface area contributed by atoms with Crippen molar-refractivity contribution in [3.05, 3.63) is 0 Å². The van der Waals surface area contributed by atoms with Crippen LogP contribution in [0.5, 0.6) is 0 Å². The van der Waals surface area contributed by atoms with Gasteiger partial charge in [0.2, 0.25) is 5.91 Å². The highest BCUT2D eigenvalue weighted by atomic mass is 16.6. The van der Waals surface area contributed by atoms with Gasteiger partial charge in [0.15, 0.2) is 0 Å². The molecule has 1 saturated heterocycles. The van der Waals surface area contributed by atoms with E-state index in [9.17, 15) is 9.59 Å². The summed E-state index contributed by atoms with van der Waals surface area (Å²) in [5, 5.41) is 8.77. The number of rotatable bonds is 2. The highest BCUT2D eigenvalue weighted by Gasteiger charge is 2.29. The van der Waals surface area contributed by atoms with E-state index >= 15 is 0 Å². The number of ether oxygens (including phenoxy) is 1. The predicted octanol–water partition coefficient (Wildman–Crippen LogP) is 0.0580. The summed E-state index contributed by atoms with van der Waals surface area (Å²) in [5.74, 6) is -0.156. The van der Waals surface area contributed by atoms with Crippen LogP contribution in [-0.4, -0.2) is 65.3 Å². The normalized spacial score (nSPS) is 17.3. The third-order valence-electron chi connectivity index (χ3n) is 2.34. The number of aliphatic hydroxyl groups excluding tert-OH is 1. The molecule has 0 aromatic rings. The standard InChI is InChI=1S/C11H20N2O4/c1-11(2,3)17-10(16)13-5-4-12(6-7-14)9(15)8-13/h14H,4-8H2,1-3H3. The first-order valence-electron chi connectivity index (χ1n) is 5.70. The van der Waals surface area contributed by atoms with Gasteiger partial charge < -0.3 is 14.7 Å². The van der Waals surface area contributed by atoms with Gasteiger partial charge in [-0.15, -0.1) is 0 Å². The van der Waals surface area contributed by atoms with Gasteiger partial charge in [0, 0.05) is 19.6 Å². The molecule has 17 heavy (non-hydrogen) atoms. The molecule has 6 nitrogen and oxygen atoms in total. The van der Waals surface area contributed by atoms with Crippen LogP contribution in [0.4, 0.5) is 4.79 Å². The lowest BCUT2D eigenvalue weighted by atomic mass is 10.2. The Morgan fingerprint density at radius 1 is 1.41 bits per heavy atom. The highest BCUT2D eigenvalue weighted by molar-refractivity contribution is 5.83. The number of piperazine rings is 1. The molecule has 0 aliphatic carbocycles. The number of carbonyl (C=O) groups is 2. The minimum atomic E-state index is -0.553. The molecule has 1 N–H and O–H groups in total. The Balaban J connectivity index is 2.49. The van der Waals surface area contributed by atoms with Crippen LogP contribution >= 0.6 is 0 Å². The van der Waals surface area contributed by atoms with Crippen molar-refractivity contribution in [1.29, 1.82) is 0 Å². The van der Waals surface area contributed by atoms with Gasteiger partial charge in [-0.1, -0.05) is 0 Å². The molecule has 1 fully saturated rings. The van der Waals surface area contributed by atoms with Crippen molar-refractivity contribution in [2.24, 2.45) is 0 Å². The molecule has 0 radical (unpaired) electrons. The minimum Gasteiger partial charge on any atom is -0.444 e. The molecule has 0 aromatic heterocycles. The van der Waals surface area contributed by atoms with Crippen molar-refractivity contribution in [2.75, 3.05) is 32.8 Å². The van der Waals surface area contributed by atoms with Gasteiger partial charge in [-0.3, -0.25) is 9.69 Å². The van der Waals surface area contributed by atoms with Crippen molar-refractivity contribution in [3.63, 3.8) is 0 Å². The second-order valence-corrected chi connectivity index (χ2v) is 5.01. The van der Waals surface area contributed by atoms with Gasteiger partial charge in [-0.05, 0) is 20.8 Å². The van der Waals surface area contributed by atoms with Crippen molar-refractivity contribution < 1.29 is 19.4 Å². The smallest absolute Gasteiger partial charge is 0.410 e. The number of β-amino-alcohol motifs (C(OH)–C–C–N with tert-alkyl or cyclic N) is 1. The Hall–Kier alpha value is -1.30. The molecule has 1 heterocycles. The zero-order valence-electron chi connectivity index (χ0n) is 10.6. The van der Waals surface area contributed by atoms with Crippen LogP contribution in [0, 0.1) is 0 Å². The monoisotopic (exact) mass is 244 g/mol. The molecule has 0 saturated carbocycles. The Bertz CT molecular complexity index is 298. The second kappa shape index (κ2) is 5.35. The van der Waals surface area contributed by atoms with E-state index in [-0.39, 0.29) is 19.1 Å². The number of hydrogen-bond acceptors (Lipinski definition) is 4. The van der Waals surface area contributed by atoms with Crippen LogP contribution in [0.3, 0.4) is 0 Å². The zero-order chi connectivity index (χ0) is 13.1. The van der Waals surface area contributed by atoms with Crippen LogP contribution in [-0.2, 0) is 9.53 Å². The van der Waals surface area contributed by atoms with Gasteiger partial charge in [0.1, 0.15) is 12.1 Å². The van der Waals surface area contributed by atoms with Crippen LogP contribution in [0.1, 0.15) is 20.8 Å². The predicted molar refractivity (Wildman–Crippen MR) is 61.5 cm³/mol. The third kappa shape index (κ3) is 4.22. The average Bonchev–Trinajstić information content (AvgIpc) is 2.18. The van der Waals surface area contributed by atoms with Crippen molar-refractivity contribution in [1.82, 2.24) is 9.80 Å². The van der Waals surface area contributed by atoms with Crippen molar-refractivity contribution in [2.45, 2.75) is 26.4 Å². The van der Waals surface area contributed by atoms with E-state index in [1.807, 2.05) is 0 Å². The molecule has 0 spiro atoms. The summed E-state index contributed by atoms with van der Waals surface area (Å²) in [4.78, 5) is 26.3. The number of nitrogens with zero attached hydrogens (tertiary/aromatic N) is 2. The van der Waals surface area contributed by atoms with E-state index in [2.05, 4.69) is 0 Å². The van der Waals surface area contributed by atoms with Crippen LogP contribution in [0.25, 0.3) is 0 Å². The van der Waals surface area contributed by atoms with Gasteiger partial charge in [-0.25, -0.2) is 4.79 Å². The van der Waals surface area contributed by atoms with Crippen molar-refractivity contribution >= 4 is 12.0 Å². The summed E-state index contributed by atoms with van der Waals surface area (Å²) in [6.45, 7) is 6.53. The van der Waals surface area contributed by atoms with E-state index in [0.717, 1.165) is 0 Å². The molecule has 2 amide bonds. The summed E-state index contributed by atoms with van der Waals surface area (Å²) in [6, 6.07) is 0. The lowest BCUT2D eigenvalue weighted by Gasteiger charge is -2.34. The Labute approximate surface area is 101 Å². The maximum absolute atomic E-state index is 11.7. The number of aliphatic hydroxyl groups is 1. The lowest BCUT2D eigenvalue weighted by molar-refractivity contribution is -0.136. The van der Waals surface area contributed by atoms with E-state index in [1.165, 1.54) is 4.90 Å². The molecular formula is C11H20N2O4. The quantitative estimate of drug-likeness (QED) is 0.745. The van der Waals surface area contributed by atoms with Gasteiger partial charge in [-0.2, -0.15) is 0 Å². The fourth-order valence-corrected chi connectivity index (χ4v) is 1.55. The van der Waals surface area contributed by atoms with E-state index in [1.54, 1.807) is 25.7 Å². The Morgan fingerprint density at radius 2 is 2.06 bits per heavy atom. The van der Waals surface area contributed by atoms with Gasteiger partial charge >= 0.3 is 6.09 Å². The van der Waals surface area contributed by atoms with Crippen LogP contribution in [0.2, 0.25) is 0 Å². The van der Waals surface area contributed by atoms with Crippen LogP contribution < -0.4 is 0 Å². The van der Waals surface area contributed by atoms with E-state index in [4.69, 9.17) is 9.84 Å². The highest BCUT2D eigenvalue weighted by Crippen LogP contribution is 2.12. The fraction of sp³-hybridized carbons (Fsp3) is 0.818. The first-order valence-corrected chi connectivity index (χ1v) is 5.70. The molecule has 1 rings (SSSR count). The third-order valence-corrected chi connectivity index (χ3v) is 2.34.